The first-order valence-electron chi connectivity index (χ1n) is 8.04. The van der Waals surface area contributed by atoms with E-state index in [-0.39, 0.29) is 29.6 Å². The molecule has 0 saturated carbocycles. The van der Waals surface area contributed by atoms with Gasteiger partial charge in [0.2, 0.25) is 5.91 Å². The molecule has 1 amide bonds. The van der Waals surface area contributed by atoms with Crippen LogP contribution in [0.25, 0.3) is 0 Å². The van der Waals surface area contributed by atoms with Gasteiger partial charge in [0, 0.05) is 6.92 Å². The Morgan fingerprint density at radius 1 is 1.04 bits per heavy atom. The fraction of sp³-hybridized carbons (Fsp3) is 0.857. The van der Waals surface area contributed by atoms with E-state index in [4.69, 9.17) is 14.2 Å². The summed E-state index contributed by atoms with van der Waals surface area (Å²) in [5, 5.41) is 72.2. The maximum absolute atomic E-state index is 11.3. The zero-order chi connectivity index (χ0) is 20.5. The first kappa shape index (κ1) is 25.6. The molecule has 2 saturated heterocycles. The van der Waals surface area contributed by atoms with E-state index in [2.05, 4.69) is 5.32 Å². The maximum Gasteiger partial charge on any atom is 1.00 e. The number of carbonyl (C=O) groups is 2. The van der Waals surface area contributed by atoms with E-state index in [9.17, 15) is 45.3 Å². The van der Waals surface area contributed by atoms with Gasteiger partial charge < -0.3 is 60.1 Å². The number of aliphatic carboxylic acids is 1. The molecule has 0 unspecified atom stereocenters. The Morgan fingerprint density at radius 3 is 2.14 bits per heavy atom. The Morgan fingerprint density at radius 2 is 1.64 bits per heavy atom. The van der Waals surface area contributed by atoms with Crippen LogP contribution in [0.1, 0.15) is 6.92 Å². The summed E-state index contributed by atoms with van der Waals surface area (Å²) in [5.41, 5.74) is 0. The van der Waals surface area contributed by atoms with Crippen molar-refractivity contribution in [1.29, 1.82) is 0 Å². The summed E-state index contributed by atoms with van der Waals surface area (Å²) in [7, 11) is 0. The number of hydrogen-bond acceptors (Lipinski definition) is 12. The van der Waals surface area contributed by atoms with Crippen LogP contribution in [-0.2, 0) is 23.8 Å². The Kier molecular flexibility index (Phi) is 9.66. The van der Waals surface area contributed by atoms with Crippen molar-refractivity contribution in [2.75, 3.05) is 6.61 Å². The summed E-state index contributed by atoms with van der Waals surface area (Å²) >= 11 is 0. The molecule has 0 bridgehead atoms. The van der Waals surface area contributed by atoms with Gasteiger partial charge in [-0.05, 0) is 0 Å². The molecule has 2 aliphatic rings. The van der Waals surface area contributed by atoms with Crippen LogP contribution in [-0.4, -0.2) is 110 Å². The van der Waals surface area contributed by atoms with Crippen molar-refractivity contribution in [3.8, 4) is 0 Å². The maximum atomic E-state index is 11.3. The molecular weight excluding hydrogens is 397 g/mol. The summed E-state index contributed by atoms with van der Waals surface area (Å²) in [6, 6.07) is -1.39. The van der Waals surface area contributed by atoms with E-state index in [0.717, 1.165) is 6.92 Å². The summed E-state index contributed by atoms with van der Waals surface area (Å²) in [6.07, 6.45) is -16.1. The van der Waals surface area contributed by atoms with E-state index in [0.29, 0.717) is 0 Å². The van der Waals surface area contributed by atoms with Gasteiger partial charge in [0.15, 0.2) is 12.6 Å². The minimum atomic E-state index is -2.05. The Hall–Kier alpha value is -0.420. The predicted molar refractivity (Wildman–Crippen MR) is 78.1 cm³/mol. The molecule has 0 aliphatic carbocycles. The van der Waals surface area contributed by atoms with E-state index in [1.807, 2.05) is 0 Å². The topological polar surface area (TPSA) is 218 Å². The van der Waals surface area contributed by atoms with Crippen LogP contribution in [0.3, 0.4) is 0 Å². The van der Waals surface area contributed by atoms with Crippen LogP contribution in [0.4, 0.5) is 0 Å². The molecule has 10 atom stereocenters. The van der Waals surface area contributed by atoms with E-state index in [1.165, 1.54) is 0 Å². The average molecular weight is 419 g/mol. The van der Waals surface area contributed by atoms with Crippen molar-refractivity contribution >= 4 is 11.9 Å². The van der Waals surface area contributed by atoms with Crippen LogP contribution in [0.15, 0.2) is 0 Å². The molecule has 2 rings (SSSR count). The zero-order valence-electron chi connectivity index (χ0n) is 15.1. The average Bonchev–Trinajstić information content (AvgIpc) is 2.60. The largest absolute Gasteiger partial charge is 1.00 e. The van der Waals surface area contributed by atoms with Gasteiger partial charge in [-0.25, -0.2) is 0 Å². The van der Waals surface area contributed by atoms with E-state index in [1.54, 1.807) is 0 Å². The number of aliphatic hydroxyl groups is 6. The first-order chi connectivity index (χ1) is 12.6. The van der Waals surface area contributed by atoms with Gasteiger partial charge in [0.05, 0.1) is 12.6 Å². The van der Waals surface area contributed by atoms with Crippen LogP contribution in [0.2, 0.25) is 0 Å². The second-order valence-electron chi connectivity index (χ2n) is 6.28. The van der Waals surface area contributed by atoms with Crippen molar-refractivity contribution in [2.24, 2.45) is 0 Å². The van der Waals surface area contributed by atoms with Crippen molar-refractivity contribution in [3.63, 3.8) is 0 Å². The molecule has 156 valence electrons. The number of nitrogens with one attached hydrogen (secondary N) is 1. The number of rotatable bonds is 5. The zero-order valence-corrected chi connectivity index (χ0v) is 17.1. The van der Waals surface area contributed by atoms with Gasteiger partial charge in [-0.2, -0.15) is 0 Å². The van der Waals surface area contributed by atoms with Gasteiger partial charge >= 0.3 is 29.6 Å². The molecule has 0 spiro atoms. The standard InChI is InChI=1S/C14H23NO12.Na/c1-3(17)15-5-10(6(18)4(2-16)25-13(5)24)26-14-9(21)7(19)8(20)11(27-14)12(22)23;/h4-11,13-14,16,18-21,24H,2H2,1H3,(H,15,17)(H,22,23);/q;+1/p-1/t4-,5-,6-,7+,8+,9-,10-,11+,13-,14-;/m1./s1. The molecular formula is C14H22NNaO12. The summed E-state index contributed by atoms with van der Waals surface area (Å²) in [5.74, 6) is -2.53. The SMILES string of the molecule is CC(=O)N[C@@H]1[C@@H](O[C@@H]2O[C@H](C(=O)[O-])[C@@H](O)[C@H](O)[C@H]2O)[C@H](O)[C@@H](CO)O[C@H]1O.[Na+]. The van der Waals surface area contributed by atoms with Crippen LogP contribution >= 0.6 is 0 Å². The fourth-order valence-corrected chi connectivity index (χ4v) is 2.94. The van der Waals surface area contributed by atoms with E-state index >= 15 is 0 Å². The predicted octanol–water partition coefficient (Wildman–Crippen LogP) is -9.49. The number of carbonyl (C=O) groups excluding carboxylic acids is 2. The van der Waals surface area contributed by atoms with Crippen LogP contribution in [0.5, 0.6) is 0 Å². The molecule has 0 aromatic heterocycles. The number of hydrogen-bond donors (Lipinski definition) is 7. The summed E-state index contributed by atoms with van der Waals surface area (Å²) in [4.78, 5) is 22.4. The molecule has 14 heteroatoms. The second-order valence-corrected chi connectivity index (χ2v) is 6.28. The molecule has 2 heterocycles. The molecule has 7 N–H and O–H groups in total. The summed E-state index contributed by atoms with van der Waals surface area (Å²) in [6.45, 7) is 0.369. The molecule has 0 aromatic carbocycles. The van der Waals surface area contributed by atoms with Crippen LogP contribution in [0, 0.1) is 0 Å². The Balaban J connectivity index is 0.00000392. The number of ether oxygens (including phenoxy) is 3. The first-order valence-corrected chi connectivity index (χ1v) is 8.04. The smallest absolute Gasteiger partial charge is 0.547 e. The van der Waals surface area contributed by atoms with Gasteiger partial charge in [-0.15, -0.1) is 0 Å². The third-order valence-electron chi connectivity index (χ3n) is 4.34. The molecule has 2 aliphatic heterocycles. The minimum Gasteiger partial charge on any atom is -0.547 e. The molecule has 0 radical (unpaired) electrons. The molecule has 0 aromatic rings. The molecule has 2 fully saturated rings. The second kappa shape index (κ2) is 10.6. The number of carboxylic acid groups (broad SMARTS) is 1. The van der Waals surface area contributed by atoms with Crippen molar-refractivity contribution < 1.29 is 89.1 Å². The van der Waals surface area contributed by atoms with Gasteiger partial charge in [-0.1, -0.05) is 0 Å². The number of aliphatic hydroxyl groups excluding tert-OH is 6. The molecule has 28 heavy (non-hydrogen) atoms. The van der Waals surface area contributed by atoms with Crippen molar-refractivity contribution in [1.82, 2.24) is 5.32 Å². The Bertz CT molecular complexity index is 552. The Labute approximate surface area is 181 Å². The quantitative estimate of drug-likeness (QED) is 0.207. The molecule has 13 nitrogen and oxygen atoms in total. The van der Waals surface area contributed by atoms with Gasteiger partial charge in [0.1, 0.15) is 48.8 Å². The minimum absolute atomic E-state index is 0. The summed E-state index contributed by atoms with van der Waals surface area (Å²) < 4.78 is 15.2. The van der Waals surface area contributed by atoms with Gasteiger partial charge in [0.25, 0.3) is 0 Å². The van der Waals surface area contributed by atoms with Gasteiger partial charge in [-0.3, -0.25) is 4.79 Å². The third kappa shape index (κ3) is 5.38. The van der Waals surface area contributed by atoms with E-state index < -0.39 is 79.8 Å². The normalized spacial score (nSPS) is 43.7. The third-order valence-corrected chi connectivity index (χ3v) is 4.34. The monoisotopic (exact) mass is 419 g/mol. The fourth-order valence-electron chi connectivity index (χ4n) is 2.94. The number of amides is 1. The van der Waals surface area contributed by atoms with Crippen molar-refractivity contribution in [2.45, 2.75) is 68.3 Å². The van der Waals surface area contributed by atoms with Crippen LogP contribution < -0.4 is 40.0 Å². The van der Waals surface area contributed by atoms with Crippen molar-refractivity contribution in [3.05, 3.63) is 0 Å². The number of carboxylic acids is 1.